The Hall–Kier alpha value is -1.26. The highest BCUT2D eigenvalue weighted by Crippen LogP contribution is 2.22. The standard InChI is InChI=1S/C15H18Cl2N2O2/c1-2-14(20)18-6-3-7-19(9-8-18)15(21)12-10-11(16)4-5-13(12)17/h4-5,10H,2-3,6-9H2,1H3. The van der Waals surface area contributed by atoms with Gasteiger partial charge in [-0.1, -0.05) is 30.1 Å². The molecule has 0 saturated carbocycles. The van der Waals surface area contributed by atoms with Crippen molar-refractivity contribution in [1.82, 2.24) is 9.80 Å². The third kappa shape index (κ3) is 3.89. The number of carbonyl (C=O) groups excluding carboxylic acids is 2. The lowest BCUT2D eigenvalue weighted by Gasteiger charge is -2.22. The molecule has 0 aromatic heterocycles. The SMILES string of the molecule is CCC(=O)N1CCCN(C(=O)c2cc(Cl)ccc2Cl)CC1. The van der Waals surface area contributed by atoms with Gasteiger partial charge in [-0.2, -0.15) is 0 Å². The molecule has 1 aromatic rings. The van der Waals surface area contributed by atoms with Crippen LogP contribution in [0.3, 0.4) is 0 Å². The summed E-state index contributed by atoms with van der Waals surface area (Å²) in [5, 5.41) is 0.885. The molecule has 0 aliphatic carbocycles. The van der Waals surface area contributed by atoms with Crippen LogP contribution in [0.1, 0.15) is 30.1 Å². The Labute approximate surface area is 134 Å². The minimum atomic E-state index is -0.131. The fraction of sp³-hybridized carbons (Fsp3) is 0.467. The predicted molar refractivity (Wildman–Crippen MR) is 83.9 cm³/mol. The number of hydrogen-bond acceptors (Lipinski definition) is 2. The molecule has 0 unspecified atom stereocenters. The summed E-state index contributed by atoms with van der Waals surface area (Å²) in [4.78, 5) is 27.8. The summed E-state index contributed by atoms with van der Waals surface area (Å²) < 4.78 is 0. The monoisotopic (exact) mass is 328 g/mol. The molecule has 1 aliphatic rings. The van der Waals surface area contributed by atoms with E-state index in [4.69, 9.17) is 23.2 Å². The van der Waals surface area contributed by atoms with E-state index in [1.807, 2.05) is 11.8 Å². The van der Waals surface area contributed by atoms with Crippen molar-refractivity contribution in [2.24, 2.45) is 0 Å². The number of nitrogens with zero attached hydrogens (tertiary/aromatic N) is 2. The zero-order chi connectivity index (χ0) is 15.4. The van der Waals surface area contributed by atoms with Crippen LogP contribution in [-0.4, -0.2) is 47.8 Å². The van der Waals surface area contributed by atoms with Crippen molar-refractivity contribution < 1.29 is 9.59 Å². The van der Waals surface area contributed by atoms with Gasteiger partial charge < -0.3 is 9.80 Å². The van der Waals surface area contributed by atoms with Crippen molar-refractivity contribution in [3.63, 3.8) is 0 Å². The van der Waals surface area contributed by atoms with E-state index in [-0.39, 0.29) is 11.8 Å². The number of rotatable bonds is 2. The Morgan fingerprint density at radius 2 is 1.76 bits per heavy atom. The van der Waals surface area contributed by atoms with Crippen LogP contribution in [0.5, 0.6) is 0 Å². The van der Waals surface area contributed by atoms with Crippen LogP contribution >= 0.6 is 23.2 Å². The molecule has 1 fully saturated rings. The van der Waals surface area contributed by atoms with Crippen LogP contribution in [0.2, 0.25) is 10.0 Å². The van der Waals surface area contributed by atoms with Crippen molar-refractivity contribution in [2.75, 3.05) is 26.2 Å². The Morgan fingerprint density at radius 3 is 2.48 bits per heavy atom. The number of carbonyl (C=O) groups is 2. The first-order valence-corrected chi connectivity index (χ1v) is 7.80. The van der Waals surface area contributed by atoms with E-state index in [9.17, 15) is 9.59 Å². The molecule has 21 heavy (non-hydrogen) atoms. The summed E-state index contributed by atoms with van der Waals surface area (Å²) in [7, 11) is 0. The van der Waals surface area contributed by atoms with Crippen LogP contribution in [0.15, 0.2) is 18.2 Å². The molecule has 1 heterocycles. The molecule has 2 rings (SSSR count). The quantitative estimate of drug-likeness (QED) is 0.837. The molecule has 0 radical (unpaired) electrons. The van der Waals surface area contributed by atoms with Gasteiger partial charge in [-0.05, 0) is 24.6 Å². The Bertz CT molecular complexity index is 548. The van der Waals surface area contributed by atoms with Gasteiger partial charge >= 0.3 is 0 Å². The molecule has 4 nitrogen and oxygen atoms in total. The molecule has 0 N–H and O–H groups in total. The Kier molecular flexibility index (Phi) is 5.48. The van der Waals surface area contributed by atoms with Crippen LogP contribution in [0, 0.1) is 0 Å². The average Bonchev–Trinajstić information content (AvgIpc) is 2.74. The molecule has 1 aliphatic heterocycles. The van der Waals surface area contributed by atoms with Crippen LogP contribution in [0.4, 0.5) is 0 Å². The first kappa shape index (κ1) is 16.1. The van der Waals surface area contributed by atoms with Gasteiger partial charge in [0, 0.05) is 37.6 Å². The molecule has 0 spiro atoms. The van der Waals surface area contributed by atoms with E-state index in [0.717, 1.165) is 6.42 Å². The minimum absolute atomic E-state index is 0.130. The topological polar surface area (TPSA) is 40.6 Å². The summed E-state index contributed by atoms with van der Waals surface area (Å²) in [6, 6.07) is 4.87. The normalized spacial score (nSPS) is 15.8. The molecular formula is C15H18Cl2N2O2. The molecule has 114 valence electrons. The van der Waals surface area contributed by atoms with Crippen molar-refractivity contribution in [1.29, 1.82) is 0 Å². The summed E-state index contributed by atoms with van der Waals surface area (Å²) in [5.74, 6) is -0.00150. The first-order valence-electron chi connectivity index (χ1n) is 7.05. The summed E-state index contributed by atoms with van der Waals surface area (Å²) in [6.45, 7) is 4.25. The molecule has 0 bridgehead atoms. The molecule has 1 aromatic carbocycles. The fourth-order valence-corrected chi connectivity index (χ4v) is 2.80. The highest BCUT2D eigenvalue weighted by molar-refractivity contribution is 6.35. The highest BCUT2D eigenvalue weighted by atomic mass is 35.5. The van der Waals surface area contributed by atoms with E-state index >= 15 is 0 Å². The largest absolute Gasteiger partial charge is 0.341 e. The third-order valence-corrected chi connectivity index (χ3v) is 4.16. The molecule has 2 amide bonds. The van der Waals surface area contributed by atoms with E-state index in [1.165, 1.54) is 0 Å². The lowest BCUT2D eigenvalue weighted by Crippen LogP contribution is -2.37. The van der Waals surface area contributed by atoms with Crippen molar-refractivity contribution in [3.8, 4) is 0 Å². The third-order valence-electron chi connectivity index (χ3n) is 3.60. The number of hydrogen-bond donors (Lipinski definition) is 0. The predicted octanol–water partition coefficient (Wildman–Crippen LogP) is 3.08. The molecular weight excluding hydrogens is 311 g/mol. The molecule has 6 heteroatoms. The van der Waals surface area contributed by atoms with Gasteiger partial charge in [0.25, 0.3) is 5.91 Å². The van der Waals surface area contributed by atoms with Gasteiger partial charge in [0.2, 0.25) is 5.91 Å². The fourth-order valence-electron chi connectivity index (χ4n) is 2.43. The van der Waals surface area contributed by atoms with Gasteiger partial charge in [0.1, 0.15) is 0 Å². The van der Waals surface area contributed by atoms with E-state index in [1.54, 1.807) is 23.1 Å². The van der Waals surface area contributed by atoms with Crippen molar-refractivity contribution >= 4 is 35.0 Å². The second-order valence-corrected chi connectivity index (χ2v) is 5.85. The van der Waals surface area contributed by atoms with Crippen LogP contribution in [-0.2, 0) is 4.79 Å². The average molecular weight is 329 g/mol. The highest BCUT2D eigenvalue weighted by Gasteiger charge is 2.23. The second kappa shape index (κ2) is 7.14. The lowest BCUT2D eigenvalue weighted by molar-refractivity contribution is -0.130. The van der Waals surface area contributed by atoms with Crippen LogP contribution in [0.25, 0.3) is 0 Å². The van der Waals surface area contributed by atoms with E-state index < -0.39 is 0 Å². The molecule has 1 saturated heterocycles. The molecule has 0 atom stereocenters. The van der Waals surface area contributed by atoms with Gasteiger partial charge in [0.15, 0.2) is 0 Å². The van der Waals surface area contributed by atoms with Gasteiger partial charge in [0.05, 0.1) is 10.6 Å². The van der Waals surface area contributed by atoms with Gasteiger partial charge in [-0.25, -0.2) is 0 Å². The summed E-state index contributed by atoms with van der Waals surface area (Å²) in [5.41, 5.74) is 0.416. The van der Waals surface area contributed by atoms with Gasteiger partial charge in [-0.3, -0.25) is 9.59 Å². The van der Waals surface area contributed by atoms with E-state index in [2.05, 4.69) is 0 Å². The maximum atomic E-state index is 12.6. The minimum Gasteiger partial charge on any atom is -0.341 e. The zero-order valence-electron chi connectivity index (χ0n) is 11.9. The lowest BCUT2D eigenvalue weighted by atomic mass is 10.2. The number of amides is 2. The smallest absolute Gasteiger partial charge is 0.255 e. The Morgan fingerprint density at radius 1 is 1.10 bits per heavy atom. The van der Waals surface area contributed by atoms with Crippen LogP contribution < -0.4 is 0 Å². The number of benzene rings is 1. The number of halogens is 2. The second-order valence-electron chi connectivity index (χ2n) is 5.00. The van der Waals surface area contributed by atoms with Crippen molar-refractivity contribution in [3.05, 3.63) is 33.8 Å². The van der Waals surface area contributed by atoms with Crippen molar-refractivity contribution in [2.45, 2.75) is 19.8 Å². The van der Waals surface area contributed by atoms with Gasteiger partial charge in [-0.15, -0.1) is 0 Å². The maximum absolute atomic E-state index is 12.6. The first-order chi connectivity index (χ1) is 10.0. The zero-order valence-corrected chi connectivity index (χ0v) is 13.5. The Balaban J connectivity index is 2.10. The van der Waals surface area contributed by atoms with E-state index in [0.29, 0.717) is 48.2 Å². The summed E-state index contributed by atoms with van der Waals surface area (Å²) in [6.07, 6.45) is 1.27. The maximum Gasteiger partial charge on any atom is 0.255 e. The summed E-state index contributed by atoms with van der Waals surface area (Å²) >= 11 is 12.0.